The van der Waals surface area contributed by atoms with Crippen LogP contribution in [-0.2, 0) is 16.0 Å². The molecule has 2 aromatic carbocycles. The number of nitrogens with zero attached hydrogens (tertiary/aromatic N) is 1. The van der Waals surface area contributed by atoms with E-state index in [9.17, 15) is 18.8 Å². The predicted octanol–water partition coefficient (Wildman–Crippen LogP) is 3.00. The van der Waals surface area contributed by atoms with Crippen molar-refractivity contribution >= 4 is 34.6 Å². The summed E-state index contributed by atoms with van der Waals surface area (Å²) in [6, 6.07) is 11.5. The van der Waals surface area contributed by atoms with Crippen molar-refractivity contribution in [2.75, 3.05) is 5.32 Å². The second-order valence-corrected chi connectivity index (χ2v) is 8.44. The van der Waals surface area contributed by atoms with Crippen LogP contribution in [0.15, 0.2) is 42.5 Å². The Morgan fingerprint density at radius 2 is 1.94 bits per heavy atom. The molecule has 0 unspecified atom stereocenters. The van der Waals surface area contributed by atoms with Crippen LogP contribution in [-0.4, -0.2) is 33.4 Å². The molecule has 8 nitrogen and oxygen atoms in total. The van der Waals surface area contributed by atoms with Gasteiger partial charge in [-0.1, -0.05) is 18.2 Å². The van der Waals surface area contributed by atoms with Crippen molar-refractivity contribution < 1.29 is 18.8 Å². The molecule has 1 spiro atoms. The van der Waals surface area contributed by atoms with Gasteiger partial charge in [0.2, 0.25) is 5.91 Å². The number of imide groups is 1. The zero-order chi connectivity index (χ0) is 22.3. The molecule has 164 valence electrons. The summed E-state index contributed by atoms with van der Waals surface area (Å²) in [5.41, 5.74) is 1.80. The topological polar surface area (TPSA) is 116 Å². The third-order valence-corrected chi connectivity index (χ3v) is 6.34. The Balaban J connectivity index is 1.24. The third kappa shape index (κ3) is 3.70. The molecule has 4 amide bonds. The molecule has 0 atom stereocenters. The van der Waals surface area contributed by atoms with Crippen molar-refractivity contribution in [3.63, 3.8) is 0 Å². The Morgan fingerprint density at radius 3 is 2.66 bits per heavy atom. The van der Waals surface area contributed by atoms with Gasteiger partial charge >= 0.3 is 6.03 Å². The Kier molecular flexibility index (Phi) is 4.88. The summed E-state index contributed by atoms with van der Waals surface area (Å²) in [4.78, 5) is 44.0. The summed E-state index contributed by atoms with van der Waals surface area (Å²) < 4.78 is 13.9. The Morgan fingerprint density at radius 1 is 1.16 bits per heavy atom. The van der Waals surface area contributed by atoms with Crippen molar-refractivity contribution in [3.05, 3.63) is 59.7 Å². The first kappa shape index (κ1) is 20.2. The molecule has 1 aliphatic heterocycles. The van der Waals surface area contributed by atoms with E-state index < -0.39 is 11.6 Å². The van der Waals surface area contributed by atoms with E-state index in [2.05, 4.69) is 25.9 Å². The van der Waals surface area contributed by atoms with E-state index in [4.69, 9.17) is 0 Å². The number of hydrogen-bond donors (Lipinski definition) is 4. The second-order valence-electron chi connectivity index (χ2n) is 8.44. The smallest absolute Gasteiger partial charge is 0.322 e. The first-order valence-corrected chi connectivity index (χ1v) is 10.6. The van der Waals surface area contributed by atoms with E-state index in [0.717, 1.165) is 11.0 Å². The van der Waals surface area contributed by atoms with E-state index in [0.29, 0.717) is 49.2 Å². The fourth-order valence-corrected chi connectivity index (χ4v) is 4.54. The largest absolute Gasteiger partial charge is 0.342 e. The number of amides is 4. The number of urea groups is 1. The average molecular weight is 435 g/mol. The summed E-state index contributed by atoms with van der Waals surface area (Å²) in [6.45, 7) is 0. The van der Waals surface area contributed by atoms with Gasteiger partial charge in [-0.15, -0.1) is 0 Å². The van der Waals surface area contributed by atoms with Crippen molar-refractivity contribution in [2.45, 2.75) is 37.6 Å². The molecule has 0 bridgehead atoms. The van der Waals surface area contributed by atoms with Gasteiger partial charge in [-0.3, -0.25) is 14.9 Å². The number of hydrogen-bond acceptors (Lipinski definition) is 4. The van der Waals surface area contributed by atoms with E-state index in [1.165, 1.54) is 6.07 Å². The predicted molar refractivity (Wildman–Crippen MR) is 115 cm³/mol. The maximum atomic E-state index is 13.9. The van der Waals surface area contributed by atoms with Gasteiger partial charge in [-0.2, -0.15) is 0 Å². The number of rotatable bonds is 4. The van der Waals surface area contributed by atoms with E-state index in [1.54, 1.807) is 36.4 Å². The van der Waals surface area contributed by atoms with Gasteiger partial charge in [0.15, 0.2) is 0 Å². The number of halogens is 1. The molecule has 4 N–H and O–H groups in total. The van der Waals surface area contributed by atoms with E-state index in [1.807, 2.05) is 0 Å². The molecule has 1 saturated heterocycles. The van der Waals surface area contributed by atoms with Crippen LogP contribution in [0.5, 0.6) is 0 Å². The monoisotopic (exact) mass is 435 g/mol. The second kappa shape index (κ2) is 7.74. The van der Waals surface area contributed by atoms with Crippen LogP contribution in [0.2, 0.25) is 0 Å². The van der Waals surface area contributed by atoms with Gasteiger partial charge in [0.1, 0.15) is 17.2 Å². The van der Waals surface area contributed by atoms with Crippen LogP contribution in [0.25, 0.3) is 11.0 Å². The highest BCUT2D eigenvalue weighted by Crippen LogP contribution is 2.35. The highest BCUT2D eigenvalue weighted by molar-refractivity contribution is 6.07. The summed E-state index contributed by atoms with van der Waals surface area (Å²) in [6.07, 6.45) is 2.23. The van der Waals surface area contributed by atoms with Crippen LogP contribution in [0.1, 0.15) is 37.1 Å². The number of carbonyl (C=O) groups excluding carboxylic acids is 3. The SMILES string of the molecule is O=C1NC(=O)C2(CCC(C(=O)Nc3ccc4nc(Cc5ccccc5F)[nH]c4c3)CC2)N1. The summed E-state index contributed by atoms with van der Waals surface area (Å²) in [7, 11) is 0. The standard InChI is InChI=1S/C23H22FN5O3/c24-16-4-2-1-3-14(16)11-19-26-17-6-5-15(12-18(17)27-19)25-20(30)13-7-9-23(10-8-13)21(31)28-22(32)29-23/h1-6,12-13H,7-11H2,(H,25,30)(H,26,27)(H2,28,29,31,32). The molecule has 2 fully saturated rings. The molecule has 3 aromatic rings. The van der Waals surface area contributed by atoms with Crippen LogP contribution >= 0.6 is 0 Å². The van der Waals surface area contributed by atoms with Crippen molar-refractivity contribution in [1.29, 1.82) is 0 Å². The van der Waals surface area contributed by atoms with Gasteiger partial charge in [0.25, 0.3) is 5.91 Å². The number of nitrogens with one attached hydrogen (secondary N) is 4. The zero-order valence-electron chi connectivity index (χ0n) is 17.2. The molecule has 1 saturated carbocycles. The first-order chi connectivity index (χ1) is 15.4. The number of fused-ring (bicyclic) bond motifs is 1. The molecular weight excluding hydrogens is 413 g/mol. The number of H-pyrrole nitrogens is 1. The van der Waals surface area contributed by atoms with Gasteiger partial charge in [-0.25, -0.2) is 14.2 Å². The number of aromatic nitrogens is 2. The van der Waals surface area contributed by atoms with Gasteiger partial charge < -0.3 is 15.6 Å². The zero-order valence-corrected chi connectivity index (χ0v) is 17.2. The number of carbonyl (C=O) groups is 3. The number of anilines is 1. The van der Waals surface area contributed by atoms with Crippen LogP contribution in [0.3, 0.4) is 0 Å². The molecule has 0 radical (unpaired) electrons. The maximum absolute atomic E-state index is 13.9. The van der Waals surface area contributed by atoms with Crippen LogP contribution in [0.4, 0.5) is 14.9 Å². The molecule has 1 aliphatic carbocycles. The molecule has 5 rings (SSSR count). The minimum Gasteiger partial charge on any atom is -0.342 e. The van der Waals surface area contributed by atoms with Crippen LogP contribution in [0, 0.1) is 11.7 Å². The van der Waals surface area contributed by atoms with Gasteiger partial charge in [0, 0.05) is 18.0 Å². The molecule has 2 aliphatic rings. The van der Waals surface area contributed by atoms with Gasteiger partial charge in [-0.05, 0) is 55.5 Å². The fraction of sp³-hybridized carbons (Fsp3) is 0.304. The number of imidazole rings is 1. The minimum absolute atomic E-state index is 0.116. The Labute approximate surface area is 183 Å². The molecule has 32 heavy (non-hydrogen) atoms. The lowest BCUT2D eigenvalue weighted by Gasteiger charge is -2.33. The summed E-state index contributed by atoms with van der Waals surface area (Å²) in [5, 5.41) is 7.92. The molecule has 1 aromatic heterocycles. The van der Waals surface area contributed by atoms with Crippen LogP contribution < -0.4 is 16.0 Å². The van der Waals surface area contributed by atoms with E-state index in [-0.39, 0.29) is 23.5 Å². The average Bonchev–Trinajstić information content (AvgIpc) is 3.29. The minimum atomic E-state index is -0.878. The summed E-state index contributed by atoms with van der Waals surface area (Å²) >= 11 is 0. The van der Waals surface area contributed by atoms with Crippen molar-refractivity contribution in [1.82, 2.24) is 20.6 Å². The lowest BCUT2D eigenvalue weighted by Crippen LogP contribution is -2.50. The maximum Gasteiger partial charge on any atom is 0.322 e. The number of benzene rings is 2. The highest BCUT2D eigenvalue weighted by atomic mass is 19.1. The third-order valence-electron chi connectivity index (χ3n) is 6.34. The summed E-state index contributed by atoms with van der Waals surface area (Å²) in [5.74, 6) is -0.292. The molecular formula is C23H22FN5O3. The normalized spacial score (nSPS) is 22.7. The Hall–Kier alpha value is -3.75. The lowest BCUT2D eigenvalue weighted by molar-refractivity contribution is -0.128. The lowest BCUT2D eigenvalue weighted by atomic mass is 9.76. The van der Waals surface area contributed by atoms with Crippen molar-refractivity contribution in [2.24, 2.45) is 5.92 Å². The quantitative estimate of drug-likeness (QED) is 0.472. The highest BCUT2D eigenvalue weighted by Gasteiger charge is 2.48. The van der Waals surface area contributed by atoms with Crippen molar-refractivity contribution in [3.8, 4) is 0 Å². The Bertz CT molecular complexity index is 1230. The van der Waals surface area contributed by atoms with E-state index >= 15 is 0 Å². The van der Waals surface area contributed by atoms with Gasteiger partial charge in [0.05, 0.1) is 11.0 Å². The number of aromatic amines is 1. The fourth-order valence-electron chi connectivity index (χ4n) is 4.54. The molecule has 9 heteroatoms. The molecule has 2 heterocycles. The first-order valence-electron chi connectivity index (χ1n) is 10.6.